The zero-order valence-corrected chi connectivity index (χ0v) is 15.6. The van der Waals surface area contributed by atoms with Crippen LogP contribution < -0.4 is 11.0 Å². The zero-order valence-electron chi connectivity index (χ0n) is 14.8. The maximum atomic E-state index is 12.5. The van der Waals surface area contributed by atoms with Crippen LogP contribution in [0.2, 0.25) is 0 Å². The average molecular weight is 379 g/mol. The van der Waals surface area contributed by atoms with Gasteiger partial charge in [-0.1, -0.05) is 30.0 Å². The average Bonchev–Trinajstić information content (AvgIpc) is 3.28. The van der Waals surface area contributed by atoms with Gasteiger partial charge in [-0.25, -0.2) is 4.79 Å². The van der Waals surface area contributed by atoms with Gasteiger partial charge in [0, 0.05) is 23.9 Å². The highest BCUT2D eigenvalue weighted by Crippen LogP contribution is 2.36. The third-order valence-corrected chi connectivity index (χ3v) is 5.40. The number of amides is 1. The van der Waals surface area contributed by atoms with Crippen LogP contribution in [0.25, 0.3) is 11.0 Å². The fraction of sp³-hybridized carbons (Fsp3) is 0.100. The number of nitrogens with one attached hydrogen (secondary N) is 1. The Morgan fingerprint density at radius 3 is 2.37 bits per heavy atom. The van der Waals surface area contributed by atoms with Gasteiger partial charge in [0.1, 0.15) is 0 Å². The highest BCUT2D eigenvalue weighted by atomic mass is 32.2. The van der Waals surface area contributed by atoms with Gasteiger partial charge < -0.3 is 9.73 Å². The summed E-state index contributed by atoms with van der Waals surface area (Å²) in [5.74, 6) is -0.108. The van der Waals surface area contributed by atoms with Crippen LogP contribution >= 0.6 is 11.8 Å². The molecule has 27 heavy (non-hydrogen) atoms. The van der Waals surface area contributed by atoms with Crippen LogP contribution in [0, 0.1) is 0 Å². The third-order valence-electron chi connectivity index (χ3n) is 4.34. The first-order chi connectivity index (χ1) is 13.0. The molecule has 4 aromatic rings. The van der Waals surface area contributed by atoms with Gasteiger partial charge in [0.2, 0.25) is 0 Å². The fourth-order valence-corrected chi connectivity index (χ4v) is 3.85. The molecule has 0 aliphatic carbocycles. The van der Waals surface area contributed by atoms with Crippen molar-refractivity contribution in [2.75, 3.05) is 5.32 Å². The molecule has 1 N–H and O–H groups in total. The van der Waals surface area contributed by atoms with Crippen LogP contribution in [-0.4, -0.2) is 15.0 Å². The van der Waals surface area contributed by atoms with Gasteiger partial charge in [-0.3, -0.25) is 13.9 Å². The molecule has 0 fully saturated rings. The van der Waals surface area contributed by atoms with E-state index in [-0.39, 0.29) is 17.4 Å². The van der Waals surface area contributed by atoms with Crippen molar-refractivity contribution in [3.05, 3.63) is 77.1 Å². The topological polar surface area (TPSA) is 69.2 Å². The van der Waals surface area contributed by atoms with Crippen LogP contribution in [0.15, 0.2) is 79.9 Å². The molecule has 0 aliphatic heterocycles. The first-order valence-electron chi connectivity index (χ1n) is 8.32. The molecular weight excluding hydrogens is 362 g/mol. The molecule has 4 rings (SSSR count). The van der Waals surface area contributed by atoms with E-state index < -0.39 is 0 Å². The number of carbonyl (C=O) groups excluding carboxylic acids is 1. The van der Waals surface area contributed by atoms with E-state index in [1.165, 1.54) is 18.0 Å². The minimum atomic E-state index is -0.338. The molecule has 0 spiro atoms. The van der Waals surface area contributed by atoms with Crippen LogP contribution in [0.1, 0.15) is 10.6 Å². The summed E-state index contributed by atoms with van der Waals surface area (Å²) in [4.78, 5) is 26.7. The van der Waals surface area contributed by atoms with Crippen molar-refractivity contribution in [3.8, 4) is 0 Å². The molecule has 0 radical (unpaired) electrons. The summed E-state index contributed by atoms with van der Waals surface area (Å²) in [5, 5.41) is 2.90. The minimum absolute atomic E-state index is 0.116. The zero-order chi connectivity index (χ0) is 19.0. The molecule has 0 unspecified atom stereocenters. The third kappa shape index (κ3) is 3.17. The molecule has 2 aromatic carbocycles. The van der Waals surface area contributed by atoms with Gasteiger partial charge in [-0.15, -0.1) is 0 Å². The van der Waals surface area contributed by atoms with E-state index in [4.69, 9.17) is 4.42 Å². The molecule has 136 valence electrons. The summed E-state index contributed by atoms with van der Waals surface area (Å²) in [6.45, 7) is 0. The fourth-order valence-electron chi connectivity index (χ4n) is 2.92. The van der Waals surface area contributed by atoms with Gasteiger partial charge in [-0.05, 0) is 36.4 Å². The summed E-state index contributed by atoms with van der Waals surface area (Å²) < 4.78 is 8.35. The lowest BCUT2D eigenvalue weighted by molar-refractivity contribution is 0.0996. The van der Waals surface area contributed by atoms with E-state index in [2.05, 4.69) is 5.32 Å². The van der Waals surface area contributed by atoms with E-state index in [1.807, 2.05) is 42.5 Å². The van der Waals surface area contributed by atoms with Crippen LogP contribution in [0.4, 0.5) is 5.69 Å². The highest BCUT2D eigenvalue weighted by Gasteiger charge is 2.17. The monoisotopic (exact) mass is 379 g/mol. The van der Waals surface area contributed by atoms with Gasteiger partial charge in [0.15, 0.2) is 5.76 Å². The Labute approximate surface area is 159 Å². The van der Waals surface area contributed by atoms with Crippen LogP contribution in [0.5, 0.6) is 0 Å². The van der Waals surface area contributed by atoms with Crippen molar-refractivity contribution < 1.29 is 9.21 Å². The quantitative estimate of drug-likeness (QED) is 0.584. The van der Waals surface area contributed by atoms with Crippen molar-refractivity contribution in [1.29, 1.82) is 0 Å². The molecule has 6 nitrogen and oxygen atoms in total. The number of carbonyl (C=O) groups is 1. The number of imidazole rings is 1. The predicted octanol–water partition coefficient (Wildman–Crippen LogP) is 3.87. The summed E-state index contributed by atoms with van der Waals surface area (Å²) in [6, 6.07) is 16.9. The highest BCUT2D eigenvalue weighted by molar-refractivity contribution is 7.99. The molecule has 0 saturated carbocycles. The lowest BCUT2D eigenvalue weighted by Gasteiger charge is -2.11. The molecule has 0 saturated heterocycles. The number of hydrogen-bond donors (Lipinski definition) is 1. The standard InChI is InChI=1S/C20H17N3O3S/c1-22-15-11-14(21-19(24)17-9-6-10-26-17)18(12-16(15)23(2)20(22)25)27-13-7-4-3-5-8-13/h3-12H,1-2H3,(H,21,24). The predicted molar refractivity (Wildman–Crippen MR) is 105 cm³/mol. The summed E-state index contributed by atoms with van der Waals surface area (Å²) >= 11 is 1.52. The Bertz CT molecular complexity index is 1170. The van der Waals surface area contributed by atoms with Crippen LogP contribution in [-0.2, 0) is 14.1 Å². The van der Waals surface area contributed by atoms with Gasteiger partial charge >= 0.3 is 5.69 Å². The number of furan rings is 1. The number of hydrogen-bond acceptors (Lipinski definition) is 4. The molecule has 0 aliphatic rings. The van der Waals surface area contributed by atoms with E-state index >= 15 is 0 Å². The second-order valence-corrected chi connectivity index (χ2v) is 7.20. The first kappa shape index (κ1) is 17.2. The van der Waals surface area contributed by atoms with Crippen molar-refractivity contribution in [1.82, 2.24) is 9.13 Å². The molecular formula is C20H17N3O3S. The van der Waals surface area contributed by atoms with Crippen molar-refractivity contribution in [3.63, 3.8) is 0 Å². The number of fused-ring (bicyclic) bond motifs is 1. The summed E-state index contributed by atoms with van der Waals surface area (Å²) in [5.41, 5.74) is 2.06. The molecule has 2 aromatic heterocycles. The second-order valence-electron chi connectivity index (χ2n) is 6.08. The number of rotatable bonds is 4. The Balaban J connectivity index is 1.83. The SMILES string of the molecule is Cn1c(=O)n(C)c2cc(Sc3ccccc3)c(NC(=O)c3ccco3)cc21. The number of benzene rings is 2. The van der Waals surface area contributed by atoms with Gasteiger partial charge in [0.05, 0.1) is 23.0 Å². The van der Waals surface area contributed by atoms with Crippen LogP contribution in [0.3, 0.4) is 0 Å². The normalized spacial score (nSPS) is 11.0. The van der Waals surface area contributed by atoms with E-state index in [0.717, 1.165) is 20.8 Å². The van der Waals surface area contributed by atoms with E-state index in [0.29, 0.717) is 5.69 Å². The maximum absolute atomic E-state index is 12.5. The Morgan fingerprint density at radius 2 is 1.70 bits per heavy atom. The summed E-state index contributed by atoms with van der Waals surface area (Å²) in [6.07, 6.45) is 1.46. The lowest BCUT2D eigenvalue weighted by atomic mass is 10.2. The van der Waals surface area contributed by atoms with Crippen molar-refractivity contribution >= 4 is 34.4 Å². The second kappa shape index (κ2) is 6.85. The van der Waals surface area contributed by atoms with E-state index in [9.17, 15) is 9.59 Å². The van der Waals surface area contributed by atoms with E-state index in [1.54, 1.807) is 35.4 Å². The molecule has 2 heterocycles. The smallest absolute Gasteiger partial charge is 0.328 e. The van der Waals surface area contributed by atoms with Gasteiger partial charge in [0.25, 0.3) is 5.91 Å². The molecule has 1 amide bonds. The lowest BCUT2D eigenvalue weighted by Crippen LogP contribution is -2.19. The first-order valence-corrected chi connectivity index (χ1v) is 9.13. The van der Waals surface area contributed by atoms with Crippen molar-refractivity contribution in [2.24, 2.45) is 14.1 Å². The maximum Gasteiger partial charge on any atom is 0.328 e. The molecule has 7 heteroatoms. The largest absolute Gasteiger partial charge is 0.459 e. The van der Waals surface area contributed by atoms with Crippen molar-refractivity contribution in [2.45, 2.75) is 9.79 Å². The number of nitrogens with zero attached hydrogens (tertiary/aromatic N) is 2. The molecule has 0 atom stereocenters. The molecule has 0 bridgehead atoms. The Kier molecular flexibility index (Phi) is 4.37. The number of aromatic nitrogens is 2. The summed E-state index contributed by atoms with van der Waals surface area (Å²) in [7, 11) is 3.45. The minimum Gasteiger partial charge on any atom is -0.459 e. The number of anilines is 1. The Hall–Kier alpha value is -3.19. The van der Waals surface area contributed by atoms with Gasteiger partial charge in [-0.2, -0.15) is 0 Å². The number of aryl methyl sites for hydroxylation is 2. The Morgan fingerprint density at radius 1 is 1.00 bits per heavy atom.